The van der Waals surface area contributed by atoms with E-state index in [0.717, 1.165) is 16.9 Å². The van der Waals surface area contributed by atoms with E-state index in [9.17, 15) is 27.2 Å². The number of hydrogen-bond acceptors (Lipinski definition) is 8. The van der Waals surface area contributed by atoms with E-state index in [-0.39, 0.29) is 28.9 Å². The maximum Gasteiger partial charge on any atom is 0.341 e. The van der Waals surface area contributed by atoms with Gasteiger partial charge in [-0.25, -0.2) is 22.4 Å². The second-order valence-electron chi connectivity index (χ2n) is 8.34. The van der Waals surface area contributed by atoms with Gasteiger partial charge in [-0.15, -0.1) is 11.3 Å². The van der Waals surface area contributed by atoms with Gasteiger partial charge in [0.2, 0.25) is 5.91 Å². The SMILES string of the molecule is CCOC(=O)c1c(NC(=O)[C@H]2CC2(F)F)sc2c1C[C@@H](NSCNc1cc(C(F)F)nn1C)CC2. The number of anilines is 2. The molecule has 0 bridgehead atoms. The summed E-state index contributed by atoms with van der Waals surface area (Å²) in [5.41, 5.74) is 0.676. The van der Waals surface area contributed by atoms with Crippen molar-refractivity contribution in [2.45, 2.75) is 51.0 Å². The molecule has 2 aliphatic rings. The largest absolute Gasteiger partial charge is 0.462 e. The predicted octanol–water partition coefficient (Wildman–Crippen LogP) is 4.35. The molecule has 0 unspecified atom stereocenters. The van der Waals surface area contributed by atoms with Crippen LogP contribution in [-0.2, 0) is 29.4 Å². The molecule has 0 aromatic carbocycles. The van der Waals surface area contributed by atoms with Gasteiger partial charge in [-0.3, -0.25) is 14.2 Å². The van der Waals surface area contributed by atoms with E-state index in [1.807, 2.05) is 0 Å². The van der Waals surface area contributed by atoms with Crippen molar-refractivity contribution in [1.82, 2.24) is 14.5 Å². The number of esters is 1. The van der Waals surface area contributed by atoms with E-state index in [4.69, 9.17) is 4.74 Å². The Bertz CT molecular complexity index is 1110. The van der Waals surface area contributed by atoms with E-state index in [2.05, 4.69) is 20.5 Å². The number of amides is 1. The van der Waals surface area contributed by atoms with Gasteiger partial charge in [0.25, 0.3) is 12.3 Å². The Kier molecular flexibility index (Phi) is 7.62. The molecule has 2 aromatic rings. The Morgan fingerprint density at radius 1 is 1.40 bits per heavy atom. The van der Waals surface area contributed by atoms with Crippen LogP contribution in [0.4, 0.5) is 28.4 Å². The van der Waals surface area contributed by atoms with E-state index in [0.29, 0.717) is 24.5 Å². The molecule has 14 heteroatoms. The maximum absolute atomic E-state index is 13.3. The van der Waals surface area contributed by atoms with E-state index < -0.39 is 36.6 Å². The van der Waals surface area contributed by atoms with Crippen molar-refractivity contribution < 1.29 is 31.9 Å². The van der Waals surface area contributed by atoms with Gasteiger partial charge in [0.05, 0.1) is 18.0 Å². The van der Waals surface area contributed by atoms with Crippen molar-refractivity contribution in [2.75, 3.05) is 23.1 Å². The first-order valence-corrected chi connectivity index (χ1v) is 12.8. The zero-order valence-corrected chi connectivity index (χ0v) is 20.6. The minimum absolute atomic E-state index is 0.00319. The molecule has 8 nitrogen and oxygen atoms in total. The van der Waals surface area contributed by atoms with E-state index in [1.54, 1.807) is 14.0 Å². The van der Waals surface area contributed by atoms with Crippen LogP contribution in [0.15, 0.2) is 6.07 Å². The molecule has 2 heterocycles. The molecule has 1 amide bonds. The second kappa shape index (κ2) is 10.3. The number of halogens is 4. The Balaban J connectivity index is 1.38. The van der Waals surface area contributed by atoms with Crippen LogP contribution in [0.25, 0.3) is 0 Å². The van der Waals surface area contributed by atoms with Crippen molar-refractivity contribution in [3.05, 3.63) is 27.8 Å². The predicted molar refractivity (Wildman–Crippen MR) is 125 cm³/mol. The van der Waals surface area contributed by atoms with Crippen molar-refractivity contribution in [1.29, 1.82) is 0 Å². The molecule has 3 N–H and O–H groups in total. The molecule has 0 spiro atoms. The van der Waals surface area contributed by atoms with Gasteiger partial charge in [0, 0.05) is 30.5 Å². The van der Waals surface area contributed by atoms with Gasteiger partial charge in [0.15, 0.2) is 0 Å². The zero-order chi connectivity index (χ0) is 25.3. The van der Waals surface area contributed by atoms with Gasteiger partial charge in [0.1, 0.15) is 22.4 Å². The fourth-order valence-electron chi connectivity index (χ4n) is 3.92. The molecule has 1 saturated carbocycles. The number of alkyl halides is 4. The van der Waals surface area contributed by atoms with E-state index >= 15 is 0 Å². The van der Waals surface area contributed by atoms with Gasteiger partial charge < -0.3 is 15.4 Å². The number of nitrogens with one attached hydrogen (secondary N) is 3. The summed E-state index contributed by atoms with van der Waals surface area (Å²) in [5.74, 6) is -4.90. The van der Waals surface area contributed by atoms with Crippen LogP contribution in [-0.4, -0.2) is 46.1 Å². The van der Waals surface area contributed by atoms with Crippen LogP contribution in [0.2, 0.25) is 0 Å². The number of fused-ring (bicyclic) bond motifs is 1. The lowest BCUT2D eigenvalue weighted by Crippen LogP contribution is -2.31. The summed E-state index contributed by atoms with van der Waals surface area (Å²) in [6.45, 7) is 1.81. The summed E-state index contributed by atoms with van der Waals surface area (Å²) in [4.78, 5) is 25.9. The highest BCUT2D eigenvalue weighted by atomic mass is 32.2. The van der Waals surface area contributed by atoms with Crippen LogP contribution < -0.4 is 15.4 Å². The van der Waals surface area contributed by atoms with Crippen LogP contribution >= 0.6 is 23.3 Å². The zero-order valence-electron chi connectivity index (χ0n) is 19.0. The number of thiophene rings is 1. The van der Waals surface area contributed by atoms with Gasteiger partial charge in [-0.05, 0) is 31.7 Å². The molecule has 2 aromatic heterocycles. The lowest BCUT2D eigenvalue weighted by atomic mass is 9.92. The summed E-state index contributed by atoms with van der Waals surface area (Å²) in [6.07, 6.45) is -1.24. The average Bonchev–Trinajstić information content (AvgIpc) is 3.11. The fourth-order valence-corrected chi connectivity index (χ4v) is 5.89. The van der Waals surface area contributed by atoms with Crippen molar-refractivity contribution in [3.8, 4) is 0 Å². The second-order valence-corrected chi connectivity index (χ2v) is 10.3. The number of nitrogens with zero attached hydrogens (tertiary/aromatic N) is 2. The standard InChI is InChI=1S/C21H25F4N5O3S2/c1-3-33-20(32)16-11-6-10(29-34-9-26-15-7-13(17(22)23)28-30(15)2)4-5-14(11)35-19(16)27-18(31)12-8-21(12,24)25/h7,10,12,17,26,29H,3-6,8-9H2,1-2H3,(H,27,31)/t10-,12+/m0/s1. The molecule has 0 saturated heterocycles. The van der Waals surface area contributed by atoms with Crippen molar-refractivity contribution >= 4 is 46.0 Å². The third kappa shape index (κ3) is 5.75. The quantitative estimate of drug-likeness (QED) is 0.137. The molecular formula is C21H25F4N5O3S2. The van der Waals surface area contributed by atoms with Gasteiger partial charge in [-0.1, -0.05) is 11.9 Å². The van der Waals surface area contributed by atoms with Crippen molar-refractivity contribution in [2.24, 2.45) is 13.0 Å². The number of rotatable bonds is 10. The molecule has 2 aliphatic carbocycles. The lowest BCUT2D eigenvalue weighted by Gasteiger charge is -2.23. The third-order valence-electron chi connectivity index (χ3n) is 5.82. The van der Waals surface area contributed by atoms with E-state index in [1.165, 1.54) is 34.0 Å². The molecule has 2 atom stereocenters. The maximum atomic E-state index is 13.3. The first-order valence-electron chi connectivity index (χ1n) is 11.0. The summed E-state index contributed by atoms with van der Waals surface area (Å²) in [6, 6.07) is 1.29. The molecule has 35 heavy (non-hydrogen) atoms. The number of ether oxygens (including phenoxy) is 1. The highest BCUT2D eigenvalue weighted by molar-refractivity contribution is 7.97. The van der Waals surface area contributed by atoms with Crippen molar-refractivity contribution in [3.63, 3.8) is 0 Å². The molecule has 192 valence electrons. The average molecular weight is 536 g/mol. The highest BCUT2D eigenvalue weighted by Crippen LogP contribution is 2.49. The molecular weight excluding hydrogens is 510 g/mol. The van der Waals surface area contributed by atoms with Crippen LogP contribution in [0.1, 0.15) is 52.7 Å². The molecule has 0 aliphatic heterocycles. The first-order chi connectivity index (χ1) is 16.6. The van der Waals surface area contributed by atoms with Crippen LogP contribution in [0.3, 0.4) is 0 Å². The Morgan fingerprint density at radius 2 is 2.14 bits per heavy atom. The topological polar surface area (TPSA) is 97.3 Å². The smallest absolute Gasteiger partial charge is 0.341 e. The lowest BCUT2D eigenvalue weighted by molar-refractivity contribution is -0.119. The minimum Gasteiger partial charge on any atom is -0.462 e. The normalized spacial score (nSPS) is 20.4. The van der Waals surface area contributed by atoms with Gasteiger partial charge >= 0.3 is 5.97 Å². The molecule has 1 fully saturated rings. The first kappa shape index (κ1) is 25.8. The van der Waals surface area contributed by atoms with Gasteiger partial charge in [-0.2, -0.15) is 5.10 Å². The Labute approximate surface area is 207 Å². The number of aryl methyl sites for hydroxylation is 2. The third-order valence-corrected chi connectivity index (χ3v) is 7.81. The Morgan fingerprint density at radius 3 is 2.77 bits per heavy atom. The molecule has 4 rings (SSSR count). The molecule has 0 radical (unpaired) electrons. The number of carbonyl (C=O) groups excluding carboxylic acids is 2. The summed E-state index contributed by atoms with van der Waals surface area (Å²) in [5, 5.41) is 9.56. The van der Waals surface area contributed by atoms with Crippen LogP contribution in [0, 0.1) is 5.92 Å². The summed E-state index contributed by atoms with van der Waals surface area (Å²) >= 11 is 2.58. The fraction of sp³-hybridized carbons (Fsp3) is 0.571. The highest BCUT2D eigenvalue weighted by Gasteiger charge is 2.61. The number of hydrogen-bond donors (Lipinski definition) is 3. The van der Waals surface area contributed by atoms with Crippen LogP contribution in [0.5, 0.6) is 0 Å². The Hall–Kier alpha value is -2.32. The summed E-state index contributed by atoms with van der Waals surface area (Å²) < 4.78 is 62.0. The number of aromatic nitrogens is 2. The number of carbonyl (C=O) groups is 2. The summed E-state index contributed by atoms with van der Waals surface area (Å²) in [7, 11) is 1.57. The minimum atomic E-state index is -3.00. The monoisotopic (exact) mass is 535 g/mol.